The van der Waals surface area contributed by atoms with E-state index in [9.17, 15) is 4.79 Å². The monoisotopic (exact) mass is 336 g/mol. The van der Waals surface area contributed by atoms with Gasteiger partial charge in [0.2, 0.25) is 5.88 Å². The molecule has 16 heavy (non-hydrogen) atoms. The van der Waals surface area contributed by atoms with Crippen molar-refractivity contribution in [1.82, 2.24) is 10.3 Å². The van der Waals surface area contributed by atoms with Crippen molar-refractivity contribution in [2.75, 3.05) is 27.4 Å². The Labute approximate surface area is 108 Å². The van der Waals surface area contributed by atoms with E-state index >= 15 is 0 Å². The van der Waals surface area contributed by atoms with E-state index in [4.69, 9.17) is 9.47 Å². The summed E-state index contributed by atoms with van der Waals surface area (Å²) in [6.45, 7) is 0.939. The van der Waals surface area contributed by atoms with Gasteiger partial charge in [-0.15, -0.1) is 0 Å². The number of nitrogens with one attached hydrogen (secondary N) is 1. The van der Waals surface area contributed by atoms with Crippen LogP contribution in [0.25, 0.3) is 0 Å². The Bertz CT molecular complexity index is 371. The van der Waals surface area contributed by atoms with Gasteiger partial charge in [0.05, 0.1) is 13.7 Å². The van der Waals surface area contributed by atoms with Gasteiger partial charge < -0.3 is 14.8 Å². The van der Waals surface area contributed by atoms with Crippen LogP contribution in [0.3, 0.4) is 0 Å². The molecule has 1 aromatic rings. The fourth-order valence-electron chi connectivity index (χ4n) is 1.14. The first-order valence-corrected chi connectivity index (χ1v) is 5.74. The van der Waals surface area contributed by atoms with Gasteiger partial charge in [-0.25, -0.2) is 4.98 Å². The summed E-state index contributed by atoms with van der Waals surface area (Å²) in [6.07, 6.45) is 1.60. The molecule has 0 saturated heterocycles. The molecule has 1 rings (SSSR count). The van der Waals surface area contributed by atoms with E-state index in [0.717, 1.165) is 3.57 Å². The molecule has 0 aliphatic rings. The lowest BCUT2D eigenvalue weighted by Crippen LogP contribution is -2.28. The van der Waals surface area contributed by atoms with Crippen LogP contribution in [0.1, 0.15) is 10.4 Å². The van der Waals surface area contributed by atoms with Crippen LogP contribution in [-0.2, 0) is 4.74 Å². The standard InChI is InChI=1S/C10H13IN2O3/c1-15-6-5-12-9(14)8-7(11)3-4-13-10(8)16-2/h3-4H,5-6H2,1-2H3,(H,12,14). The van der Waals surface area contributed by atoms with Crippen LogP contribution < -0.4 is 10.1 Å². The third kappa shape index (κ3) is 3.31. The fourth-order valence-corrected chi connectivity index (χ4v) is 1.77. The first-order valence-electron chi connectivity index (χ1n) is 4.66. The molecule has 0 atom stereocenters. The van der Waals surface area contributed by atoms with E-state index in [-0.39, 0.29) is 5.91 Å². The van der Waals surface area contributed by atoms with Gasteiger partial charge in [0.15, 0.2) is 0 Å². The minimum Gasteiger partial charge on any atom is -0.480 e. The zero-order valence-corrected chi connectivity index (χ0v) is 11.3. The minimum absolute atomic E-state index is 0.202. The second-order valence-electron chi connectivity index (χ2n) is 2.93. The van der Waals surface area contributed by atoms with Gasteiger partial charge >= 0.3 is 0 Å². The van der Waals surface area contributed by atoms with E-state index in [1.54, 1.807) is 19.4 Å². The van der Waals surface area contributed by atoms with Crippen molar-refractivity contribution in [3.05, 3.63) is 21.4 Å². The van der Waals surface area contributed by atoms with Crippen LogP contribution in [0.5, 0.6) is 5.88 Å². The molecule has 0 spiro atoms. The van der Waals surface area contributed by atoms with Gasteiger partial charge in [-0.3, -0.25) is 4.79 Å². The summed E-state index contributed by atoms with van der Waals surface area (Å²) in [7, 11) is 3.07. The third-order valence-electron chi connectivity index (χ3n) is 1.88. The molecular formula is C10H13IN2O3. The molecule has 0 aliphatic heterocycles. The van der Waals surface area contributed by atoms with Crippen LogP contribution in [0.15, 0.2) is 12.3 Å². The molecule has 0 radical (unpaired) electrons. The van der Waals surface area contributed by atoms with Gasteiger partial charge in [-0.1, -0.05) is 0 Å². The number of aromatic nitrogens is 1. The molecule has 0 aliphatic carbocycles. The van der Waals surface area contributed by atoms with Crippen molar-refractivity contribution in [2.24, 2.45) is 0 Å². The number of nitrogens with zero attached hydrogens (tertiary/aromatic N) is 1. The van der Waals surface area contributed by atoms with E-state index < -0.39 is 0 Å². The molecule has 1 amide bonds. The molecule has 1 heterocycles. The average molecular weight is 336 g/mol. The number of ether oxygens (including phenoxy) is 2. The summed E-state index contributed by atoms with van der Waals surface area (Å²) >= 11 is 2.07. The zero-order valence-electron chi connectivity index (χ0n) is 9.12. The molecule has 0 fully saturated rings. The molecule has 1 aromatic heterocycles. The predicted molar refractivity (Wildman–Crippen MR) is 67.7 cm³/mol. The van der Waals surface area contributed by atoms with Crippen molar-refractivity contribution in [1.29, 1.82) is 0 Å². The summed E-state index contributed by atoms with van der Waals surface area (Å²) in [5, 5.41) is 2.73. The Balaban J connectivity index is 2.81. The van der Waals surface area contributed by atoms with Gasteiger partial charge in [-0.2, -0.15) is 0 Å². The van der Waals surface area contributed by atoms with Crippen molar-refractivity contribution < 1.29 is 14.3 Å². The van der Waals surface area contributed by atoms with Crippen LogP contribution in [-0.4, -0.2) is 38.3 Å². The smallest absolute Gasteiger partial charge is 0.257 e. The van der Waals surface area contributed by atoms with E-state index in [1.165, 1.54) is 7.11 Å². The fraction of sp³-hybridized carbons (Fsp3) is 0.400. The maximum atomic E-state index is 11.8. The Morgan fingerprint density at radius 1 is 1.56 bits per heavy atom. The Morgan fingerprint density at radius 2 is 2.31 bits per heavy atom. The van der Waals surface area contributed by atoms with Crippen molar-refractivity contribution >= 4 is 28.5 Å². The number of hydrogen-bond acceptors (Lipinski definition) is 4. The Morgan fingerprint density at radius 3 is 2.94 bits per heavy atom. The SMILES string of the molecule is COCCNC(=O)c1c(I)ccnc1OC. The number of carbonyl (C=O) groups excluding carboxylic acids is 1. The van der Waals surface area contributed by atoms with Crippen LogP contribution >= 0.6 is 22.6 Å². The summed E-state index contributed by atoms with van der Waals surface area (Å²) in [5.41, 5.74) is 0.460. The lowest BCUT2D eigenvalue weighted by molar-refractivity contribution is 0.0932. The Hall–Kier alpha value is -0.890. The maximum Gasteiger partial charge on any atom is 0.257 e. The minimum atomic E-state index is -0.202. The van der Waals surface area contributed by atoms with Gasteiger partial charge in [-0.05, 0) is 28.7 Å². The summed E-state index contributed by atoms with van der Waals surface area (Å²) in [4.78, 5) is 15.8. The lowest BCUT2D eigenvalue weighted by atomic mass is 10.2. The topological polar surface area (TPSA) is 60.5 Å². The van der Waals surface area contributed by atoms with E-state index in [2.05, 4.69) is 32.9 Å². The highest BCUT2D eigenvalue weighted by Crippen LogP contribution is 2.20. The number of amides is 1. The first-order chi connectivity index (χ1) is 7.70. The molecular weight excluding hydrogens is 323 g/mol. The van der Waals surface area contributed by atoms with Crippen LogP contribution in [0, 0.1) is 3.57 Å². The molecule has 0 unspecified atom stereocenters. The number of pyridine rings is 1. The highest BCUT2D eigenvalue weighted by molar-refractivity contribution is 14.1. The van der Waals surface area contributed by atoms with Gasteiger partial charge in [0.25, 0.3) is 5.91 Å². The third-order valence-corrected chi connectivity index (χ3v) is 2.78. The van der Waals surface area contributed by atoms with Gasteiger partial charge in [0.1, 0.15) is 5.56 Å². The zero-order chi connectivity index (χ0) is 12.0. The second kappa shape index (κ2) is 6.64. The second-order valence-corrected chi connectivity index (χ2v) is 4.09. The van der Waals surface area contributed by atoms with Crippen LogP contribution in [0.4, 0.5) is 0 Å². The van der Waals surface area contributed by atoms with E-state index in [1.807, 2.05) is 0 Å². The molecule has 0 bridgehead atoms. The highest BCUT2D eigenvalue weighted by Gasteiger charge is 2.16. The molecule has 5 nitrogen and oxygen atoms in total. The quantitative estimate of drug-likeness (QED) is 0.646. The Kier molecular flexibility index (Phi) is 5.47. The number of carbonyl (C=O) groups is 1. The molecule has 6 heteroatoms. The van der Waals surface area contributed by atoms with Crippen molar-refractivity contribution in [3.8, 4) is 5.88 Å². The molecule has 0 saturated carbocycles. The van der Waals surface area contributed by atoms with E-state index in [0.29, 0.717) is 24.6 Å². The lowest BCUT2D eigenvalue weighted by Gasteiger charge is -2.09. The number of hydrogen-bond donors (Lipinski definition) is 1. The van der Waals surface area contributed by atoms with Crippen molar-refractivity contribution in [3.63, 3.8) is 0 Å². The number of halogens is 1. The normalized spacial score (nSPS) is 9.94. The number of methoxy groups -OCH3 is 2. The predicted octanol–water partition coefficient (Wildman–Crippen LogP) is 1.07. The average Bonchev–Trinajstić information content (AvgIpc) is 2.28. The summed E-state index contributed by atoms with van der Waals surface area (Å²) < 4.78 is 10.7. The van der Waals surface area contributed by atoms with Gasteiger partial charge in [0, 0.05) is 23.4 Å². The summed E-state index contributed by atoms with van der Waals surface area (Å²) in [6, 6.07) is 1.76. The molecule has 0 aromatic carbocycles. The molecule has 88 valence electrons. The highest BCUT2D eigenvalue weighted by atomic mass is 127. The summed E-state index contributed by atoms with van der Waals surface area (Å²) in [5.74, 6) is 0.133. The van der Waals surface area contributed by atoms with Crippen LogP contribution in [0.2, 0.25) is 0 Å². The maximum absolute atomic E-state index is 11.8. The largest absolute Gasteiger partial charge is 0.480 e. The molecule has 1 N–H and O–H groups in total. The van der Waals surface area contributed by atoms with Crippen molar-refractivity contribution in [2.45, 2.75) is 0 Å². The first kappa shape index (κ1) is 13.2. The number of rotatable bonds is 5.